The molecule has 0 saturated heterocycles. The van der Waals surface area contributed by atoms with Crippen molar-refractivity contribution in [2.45, 2.75) is 65.5 Å². The minimum absolute atomic E-state index is 0.232. The Kier molecular flexibility index (Phi) is 6.02. The largest absolute Gasteiger partial charge is 0.465 e. The van der Waals surface area contributed by atoms with Gasteiger partial charge in [-0.15, -0.1) is 0 Å². The van der Waals surface area contributed by atoms with E-state index in [1.54, 1.807) is 7.05 Å². The second kappa shape index (κ2) is 6.90. The van der Waals surface area contributed by atoms with E-state index in [0.717, 1.165) is 12.8 Å². The van der Waals surface area contributed by atoms with Gasteiger partial charge in [0.2, 0.25) is 0 Å². The molecule has 1 fully saturated rings. The zero-order chi connectivity index (χ0) is 15.4. The Labute approximate surface area is 123 Å². The van der Waals surface area contributed by atoms with Crippen LogP contribution in [0.2, 0.25) is 0 Å². The average molecular weight is 285 g/mol. The summed E-state index contributed by atoms with van der Waals surface area (Å²) in [7, 11) is 1.77. The maximum absolute atomic E-state index is 12.0. The molecule has 1 rings (SSSR count). The standard InChI is InChI=1S/C16H31NO3/c1-7-19-14(18)16(5,17-6)11-20-13-8-12(2)9-15(3,4)10-13/h12-13,17H,7-11H2,1-6H3. The van der Waals surface area contributed by atoms with Crippen LogP contribution in [0.4, 0.5) is 0 Å². The maximum Gasteiger partial charge on any atom is 0.328 e. The summed E-state index contributed by atoms with van der Waals surface area (Å²) in [6, 6.07) is 0. The highest BCUT2D eigenvalue weighted by molar-refractivity contribution is 5.80. The molecule has 0 heterocycles. The van der Waals surface area contributed by atoms with E-state index < -0.39 is 5.54 Å². The third-order valence-electron chi connectivity index (χ3n) is 4.23. The predicted octanol–water partition coefficient (Wildman–Crippen LogP) is 2.76. The molecule has 4 nitrogen and oxygen atoms in total. The number of ether oxygens (including phenoxy) is 2. The third kappa shape index (κ3) is 4.74. The number of esters is 1. The van der Waals surface area contributed by atoms with Crippen LogP contribution < -0.4 is 5.32 Å². The number of carbonyl (C=O) groups is 1. The lowest BCUT2D eigenvalue weighted by atomic mass is 9.71. The quantitative estimate of drug-likeness (QED) is 0.762. The fraction of sp³-hybridized carbons (Fsp3) is 0.938. The van der Waals surface area contributed by atoms with Gasteiger partial charge in [-0.1, -0.05) is 20.8 Å². The molecule has 1 aliphatic carbocycles. The molecule has 118 valence electrons. The van der Waals surface area contributed by atoms with E-state index in [-0.39, 0.29) is 12.1 Å². The van der Waals surface area contributed by atoms with E-state index in [9.17, 15) is 4.79 Å². The topological polar surface area (TPSA) is 47.6 Å². The van der Waals surface area contributed by atoms with E-state index in [4.69, 9.17) is 9.47 Å². The molecule has 0 amide bonds. The molecule has 0 radical (unpaired) electrons. The van der Waals surface area contributed by atoms with Crippen molar-refractivity contribution in [2.24, 2.45) is 11.3 Å². The minimum Gasteiger partial charge on any atom is -0.465 e. The highest BCUT2D eigenvalue weighted by atomic mass is 16.5. The van der Waals surface area contributed by atoms with Crippen molar-refractivity contribution in [1.82, 2.24) is 5.32 Å². The Hall–Kier alpha value is -0.610. The summed E-state index contributed by atoms with van der Waals surface area (Å²) >= 11 is 0. The molecule has 3 atom stereocenters. The van der Waals surface area contributed by atoms with E-state index in [0.29, 0.717) is 24.5 Å². The van der Waals surface area contributed by atoms with Crippen LogP contribution in [-0.2, 0) is 14.3 Å². The number of rotatable bonds is 6. The van der Waals surface area contributed by atoms with Gasteiger partial charge in [0, 0.05) is 0 Å². The van der Waals surface area contributed by atoms with Crippen LogP contribution in [0.3, 0.4) is 0 Å². The van der Waals surface area contributed by atoms with E-state index in [2.05, 4.69) is 26.1 Å². The van der Waals surface area contributed by atoms with Crippen molar-refractivity contribution >= 4 is 5.97 Å². The van der Waals surface area contributed by atoms with Crippen molar-refractivity contribution in [2.75, 3.05) is 20.3 Å². The van der Waals surface area contributed by atoms with Crippen molar-refractivity contribution in [3.05, 3.63) is 0 Å². The second-order valence-electron chi connectivity index (χ2n) is 7.15. The summed E-state index contributed by atoms with van der Waals surface area (Å²) in [5, 5.41) is 3.04. The molecule has 1 N–H and O–H groups in total. The number of hydrogen-bond donors (Lipinski definition) is 1. The fourth-order valence-electron chi connectivity index (χ4n) is 3.19. The van der Waals surface area contributed by atoms with Crippen LogP contribution in [0.1, 0.15) is 53.9 Å². The highest BCUT2D eigenvalue weighted by Crippen LogP contribution is 2.39. The molecule has 0 spiro atoms. The molecule has 0 aromatic carbocycles. The summed E-state index contributed by atoms with van der Waals surface area (Å²) in [5.41, 5.74) is -0.441. The average Bonchev–Trinajstić information content (AvgIpc) is 2.34. The number of likely N-dealkylation sites (N-methyl/N-ethyl adjacent to an activating group) is 1. The molecule has 1 saturated carbocycles. The Morgan fingerprint density at radius 2 is 2.05 bits per heavy atom. The third-order valence-corrected chi connectivity index (χ3v) is 4.23. The normalized spacial score (nSPS) is 28.7. The Morgan fingerprint density at radius 1 is 1.40 bits per heavy atom. The molecule has 3 unspecified atom stereocenters. The van der Waals surface area contributed by atoms with E-state index in [1.807, 2.05) is 13.8 Å². The molecule has 20 heavy (non-hydrogen) atoms. The van der Waals surface area contributed by atoms with Crippen LogP contribution >= 0.6 is 0 Å². The zero-order valence-corrected chi connectivity index (χ0v) is 13.9. The second-order valence-corrected chi connectivity index (χ2v) is 7.15. The van der Waals surface area contributed by atoms with Gasteiger partial charge in [0.25, 0.3) is 0 Å². The first-order chi connectivity index (χ1) is 9.22. The maximum atomic E-state index is 12.0. The van der Waals surface area contributed by atoms with Gasteiger partial charge in [-0.25, -0.2) is 4.79 Å². The number of nitrogens with one attached hydrogen (secondary N) is 1. The van der Waals surface area contributed by atoms with Gasteiger partial charge in [-0.2, -0.15) is 0 Å². The van der Waals surface area contributed by atoms with Gasteiger partial charge in [0.05, 0.1) is 19.3 Å². The molecule has 0 aliphatic heterocycles. The van der Waals surface area contributed by atoms with Crippen molar-refractivity contribution < 1.29 is 14.3 Å². The van der Waals surface area contributed by atoms with Crippen LogP contribution in [0, 0.1) is 11.3 Å². The summed E-state index contributed by atoms with van der Waals surface area (Å²) in [4.78, 5) is 12.0. The van der Waals surface area contributed by atoms with Gasteiger partial charge in [0.15, 0.2) is 0 Å². The Balaban J connectivity index is 2.57. The first-order valence-electron chi connectivity index (χ1n) is 7.70. The monoisotopic (exact) mass is 285 g/mol. The van der Waals surface area contributed by atoms with Gasteiger partial charge in [0.1, 0.15) is 5.54 Å². The van der Waals surface area contributed by atoms with Gasteiger partial charge < -0.3 is 14.8 Å². The zero-order valence-electron chi connectivity index (χ0n) is 13.9. The Bertz CT molecular complexity index is 330. The summed E-state index contributed by atoms with van der Waals surface area (Å²) in [5.74, 6) is 0.429. The molecule has 4 heteroatoms. The van der Waals surface area contributed by atoms with Crippen LogP contribution in [0.25, 0.3) is 0 Å². The van der Waals surface area contributed by atoms with Crippen LogP contribution in [0.15, 0.2) is 0 Å². The first kappa shape index (κ1) is 17.4. The molecule has 1 aliphatic rings. The van der Waals surface area contributed by atoms with Gasteiger partial charge in [-0.05, 0) is 51.5 Å². The molecule has 0 aromatic heterocycles. The first-order valence-corrected chi connectivity index (χ1v) is 7.70. The van der Waals surface area contributed by atoms with E-state index in [1.165, 1.54) is 6.42 Å². The predicted molar refractivity (Wildman–Crippen MR) is 80.6 cm³/mol. The summed E-state index contributed by atoms with van der Waals surface area (Å²) < 4.78 is 11.2. The molecular formula is C16H31NO3. The number of carbonyl (C=O) groups excluding carboxylic acids is 1. The van der Waals surface area contributed by atoms with Gasteiger partial charge >= 0.3 is 5.97 Å². The number of hydrogen-bond acceptors (Lipinski definition) is 4. The van der Waals surface area contributed by atoms with Crippen molar-refractivity contribution in [3.63, 3.8) is 0 Å². The van der Waals surface area contributed by atoms with Crippen LogP contribution in [-0.4, -0.2) is 37.9 Å². The lowest BCUT2D eigenvalue weighted by molar-refractivity contribution is -0.155. The summed E-state index contributed by atoms with van der Waals surface area (Å²) in [6.45, 7) is 11.3. The lowest BCUT2D eigenvalue weighted by Gasteiger charge is -2.40. The van der Waals surface area contributed by atoms with Gasteiger partial charge in [-0.3, -0.25) is 0 Å². The Morgan fingerprint density at radius 3 is 2.55 bits per heavy atom. The van der Waals surface area contributed by atoms with Crippen molar-refractivity contribution in [1.29, 1.82) is 0 Å². The lowest BCUT2D eigenvalue weighted by Crippen LogP contribution is -2.53. The van der Waals surface area contributed by atoms with Crippen LogP contribution in [0.5, 0.6) is 0 Å². The van der Waals surface area contributed by atoms with E-state index >= 15 is 0 Å². The smallest absolute Gasteiger partial charge is 0.328 e. The van der Waals surface area contributed by atoms with Crippen molar-refractivity contribution in [3.8, 4) is 0 Å². The summed E-state index contributed by atoms with van der Waals surface area (Å²) in [6.07, 6.45) is 3.61. The fourth-order valence-corrected chi connectivity index (χ4v) is 3.19. The SMILES string of the molecule is CCOC(=O)C(C)(COC1CC(C)CC(C)(C)C1)NC. The molecular weight excluding hydrogens is 254 g/mol. The highest BCUT2D eigenvalue weighted by Gasteiger charge is 2.37. The molecule has 0 aromatic rings. The molecule has 0 bridgehead atoms. The minimum atomic E-state index is -0.763.